The molecule has 2 fully saturated rings. The Hall–Kier alpha value is -1.78. The molecule has 3 rings (SSSR count). The van der Waals surface area contributed by atoms with E-state index in [1.807, 2.05) is 4.90 Å². The van der Waals surface area contributed by atoms with Gasteiger partial charge >= 0.3 is 5.97 Å². The monoisotopic (exact) mass is 290 g/mol. The summed E-state index contributed by atoms with van der Waals surface area (Å²) in [5, 5.41) is 9.19. The molecule has 21 heavy (non-hydrogen) atoms. The number of carboxylic acid groups (broad SMARTS) is 1. The second-order valence-corrected chi connectivity index (χ2v) is 6.33. The van der Waals surface area contributed by atoms with E-state index in [-0.39, 0.29) is 11.6 Å². The summed E-state index contributed by atoms with van der Waals surface area (Å²) in [5.74, 6) is -0.362. The number of rotatable bonds is 2. The van der Waals surface area contributed by atoms with Crippen LogP contribution in [0.5, 0.6) is 0 Å². The van der Waals surface area contributed by atoms with Crippen LogP contribution in [0.3, 0.4) is 0 Å². The third kappa shape index (κ3) is 2.24. The van der Waals surface area contributed by atoms with Gasteiger partial charge in [-0.2, -0.15) is 0 Å². The first-order chi connectivity index (χ1) is 10.0. The number of nitrogens with zero attached hydrogens (tertiary/aromatic N) is 1. The topological polar surface area (TPSA) is 73.4 Å². The molecule has 2 heterocycles. The Morgan fingerprint density at radius 2 is 1.90 bits per heavy atom. The van der Waals surface area contributed by atoms with Crippen molar-refractivity contribution < 1.29 is 14.7 Å². The molecule has 2 aliphatic rings. The van der Waals surface area contributed by atoms with Crippen LogP contribution in [0, 0.1) is 19.8 Å². The quantitative estimate of drug-likeness (QED) is 0.879. The van der Waals surface area contributed by atoms with E-state index in [1.165, 1.54) is 19.3 Å². The summed E-state index contributed by atoms with van der Waals surface area (Å²) in [7, 11) is 0. The van der Waals surface area contributed by atoms with Crippen LogP contribution >= 0.6 is 0 Å². The minimum Gasteiger partial charge on any atom is -0.477 e. The molecule has 114 valence electrons. The summed E-state index contributed by atoms with van der Waals surface area (Å²) < 4.78 is 0. The Bertz CT molecular complexity index is 591. The Morgan fingerprint density at radius 1 is 1.19 bits per heavy atom. The van der Waals surface area contributed by atoms with Crippen molar-refractivity contribution in [3.8, 4) is 0 Å². The first kappa shape index (κ1) is 14.2. The number of nitrogens with one attached hydrogen (secondary N) is 1. The molecule has 1 aliphatic heterocycles. The molecule has 0 radical (unpaired) electrons. The minimum absolute atomic E-state index is 0.00495. The van der Waals surface area contributed by atoms with Crippen LogP contribution in [-0.2, 0) is 0 Å². The van der Waals surface area contributed by atoms with Crippen molar-refractivity contribution in [1.29, 1.82) is 0 Å². The zero-order valence-electron chi connectivity index (χ0n) is 12.6. The van der Waals surface area contributed by atoms with Gasteiger partial charge in [-0.05, 0) is 51.0 Å². The van der Waals surface area contributed by atoms with E-state index in [0.717, 1.165) is 19.4 Å². The van der Waals surface area contributed by atoms with E-state index in [2.05, 4.69) is 4.98 Å². The van der Waals surface area contributed by atoms with Crippen molar-refractivity contribution in [1.82, 2.24) is 9.88 Å². The number of hydrogen-bond acceptors (Lipinski definition) is 2. The highest BCUT2D eigenvalue weighted by atomic mass is 16.4. The summed E-state index contributed by atoms with van der Waals surface area (Å²) >= 11 is 0. The van der Waals surface area contributed by atoms with Gasteiger partial charge in [0, 0.05) is 18.3 Å². The van der Waals surface area contributed by atoms with E-state index in [4.69, 9.17) is 0 Å². The number of carbonyl (C=O) groups excluding carboxylic acids is 1. The molecule has 1 amide bonds. The van der Waals surface area contributed by atoms with E-state index >= 15 is 0 Å². The summed E-state index contributed by atoms with van der Waals surface area (Å²) in [6.07, 6.45) is 5.79. The summed E-state index contributed by atoms with van der Waals surface area (Å²) in [6.45, 7) is 4.30. The first-order valence-corrected chi connectivity index (χ1v) is 7.74. The van der Waals surface area contributed by atoms with Crippen molar-refractivity contribution in [3.63, 3.8) is 0 Å². The number of carboxylic acids is 1. The predicted molar refractivity (Wildman–Crippen MR) is 78.6 cm³/mol. The molecule has 0 spiro atoms. The zero-order valence-corrected chi connectivity index (χ0v) is 12.6. The van der Waals surface area contributed by atoms with Crippen LogP contribution in [0.2, 0.25) is 0 Å². The first-order valence-electron chi connectivity index (χ1n) is 7.74. The number of carbonyl (C=O) groups is 2. The van der Waals surface area contributed by atoms with Gasteiger partial charge in [-0.15, -0.1) is 0 Å². The van der Waals surface area contributed by atoms with E-state index in [0.29, 0.717) is 28.8 Å². The van der Waals surface area contributed by atoms with Crippen LogP contribution in [0.4, 0.5) is 0 Å². The van der Waals surface area contributed by atoms with E-state index in [9.17, 15) is 14.7 Å². The number of aromatic nitrogens is 1. The highest BCUT2D eigenvalue weighted by Crippen LogP contribution is 2.38. The summed E-state index contributed by atoms with van der Waals surface area (Å²) in [4.78, 5) is 29.0. The van der Waals surface area contributed by atoms with Crippen molar-refractivity contribution in [2.24, 2.45) is 5.92 Å². The highest BCUT2D eigenvalue weighted by molar-refractivity contribution is 6.01. The molecule has 1 aromatic rings. The fourth-order valence-electron chi connectivity index (χ4n) is 4.13. The van der Waals surface area contributed by atoms with E-state index < -0.39 is 5.97 Å². The van der Waals surface area contributed by atoms with Gasteiger partial charge in [0.25, 0.3) is 5.91 Å². The van der Waals surface area contributed by atoms with Crippen LogP contribution in [0.1, 0.15) is 64.2 Å². The number of fused-ring (bicyclic) bond motifs is 1. The zero-order chi connectivity index (χ0) is 15.1. The Balaban J connectivity index is 1.93. The number of aromatic amines is 1. The second-order valence-electron chi connectivity index (χ2n) is 6.33. The predicted octanol–water partition coefficient (Wildman–Crippen LogP) is 2.73. The van der Waals surface area contributed by atoms with Gasteiger partial charge in [-0.25, -0.2) is 4.79 Å². The molecule has 0 aromatic carbocycles. The van der Waals surface area contributed by atoms with Crippen LogP contribution in [0.15, 0.2) is 0 Å². The number of amides is 1. The second kappa shape index (κ2) is 5.20. The SMILES string of the molecule is Cc1[nH]c(C(=O)O)c(C)c1C(=O)N1CCCC2CCCC21. The van der Waals surface area contributed by atoms with Gasteiger partial charge in [0.2, 0.25) is 0 Å². The van der Waals surface area contributed by atoms with Crippen LogP contribution in [-0.4, -0.2) is 39.5 Å². The van der Waals surface area contributed by atoms with Crippen LogP contribution in [0.25, 0.3) is 0 Å². The van der Waals surface area contributed by atoms with Gasteiger partial charge in [0.05, 0.1) is 5.56 Å². The molecule has 5 heteroatoms. The molecular weight excluding hydrogens is 268 g/mol. The lowest BCUT2D eigenvalue weighted by molar-refractivity contribution is 0.0547. The van der Waals surface area contributed by atoms with Gasteiger partial charge in [-0.3, -0.25) is 4.79 Å². The maximum absolute atomic E-state index is 12.9. The molecular formula is C16H22N2O3. The molecule has 2 unspecified atom stereocenters. The maximum atomic E-state index is 12.9. The Kier molecular flexibility index (Phi) is 3.51. The van der Waals surface area contributed by atoms with Gasteiger partial charge < -0.3 is 15.0 Å². The molecule has 1 aromatic heterocycles. The van der Waals surface area contributed by atoms with E-state index in [1.54, 1.807) is 13.8 Å². The van der Waals surface area contributed by atoms with Gasteiger partial charge in [0.15, 0.2) is 0 Å². The third-order valence-corrected chi connectivity index (χ3v) is 5.12. The summed E-state index contributed by atoms with van der Waals surface area (Å²) in [6, 6.07) is 0.355. The average Bonchev–Trinajstić information content (AvgIpc) is 3.02. The largest absolute Gasteiger partial charge is 0.477 e. The fourth-order valence-corrected chi connectivity index (χ4v) is 4.13. The average molecular weight is 290 g/mol. The highest BCUT2D eigenvalue weighted by Gasteiger charge is 2.38. The molecule has 0 bridgehead atoms. The molecule has 5 nitrogen and oxygen atoms in total. The summed E-state index contributed by atoms with van der Waals surface area (Å²) in [5.41, 5.74) is 1.91. The molecule has 1 saturated heterocycles. The number of hydrogen-bond donors (Lipinski definition) is 2. The normalized spacial score (nSPS) is 25.0. The number of aromatic carboxylic acids is 1. The molecule has 2 N–H and O–H groups in total. The number of likely N-dealkylation sites (tertiary alicyclic amines) is 1. The molecule has 1 saturated carbocycles. The maximum Gasteiger partial charge on any atom is 0.352 e. The lowest BCUT2D eigenvalue weighted by Gasteiger charge is -2.38. The molecule has 2 atom stereocenters. The third-order valence-electron chi connectivity index (χ3n) is 5.12. The van der Waals surface area contributed by atoms with Gasteiger partial charge in [-0.1, -0.05) is 6.42 Å². The standard InChI is InChI=1S/C16H22N2O3/c1-9-13(10(2)17-14(9)16(20)21)15(19)18-8-4-6-11-5-3-7-12(11)18/h11-12,17H,3-8H2,1-2H3,(H,20,21). The minimum atomic E-state index is -1.01. The lowest BCUT2D eigenvalue weighted by Crippen LogP contribution is -2.46. The van der Waals surface area contributed by atoms with Crippen molar-refractivity contribution in [2.45, 2.75) is 52.0 Å². The Labute approximate surface area is 124 Å². The number of piperidine rings is 1. The Morgan fingerprint density at radius 3 is 2.57 bits per heavy atom. The smallest absolute Gasteiger partial charge is 0.352 e. The van der Waals surface area contributed by atoms with Crippen molar-refractivity contribution in [3.05, 3.63) is 22.5 Å². The van der Waals surface area contributed by atoms with Crippen molar-refractivity contribution in [2.75, 3.05) is 6.54 Å². The lowest BCUT2D eigenvalue weighted by atomic mass is 9.91. The van der Waals surface area contributed by atoms with Gasteiger partial charge in [0.1, 0.15) is 5.69 Å². The number of aryl methyl sites for hydroxylation is 1. The molecule has 1 aliphatic carbocycles. The van der Waals surface area contributed by atoms with Crippen molar-refractivity contribution >= 4 is 11.9 Å². The fraction of sp³-hybridized carbons (Fsp3) is 0.625. The number of H-pyrrole nitrogens is 1. The van der Waals surface area contributed by atoms with Crippen LogP contribution < -0.4 is 0 Å².